The van der Waals surface area contributed by atoms with Crippen molar-refractivity contribution in [2.24, 2.45) is 5.73 Å². The maximum atomic E-state index is 11.1. The summed E-state index contributed by atoms with van der Waals surface area (Å²) in [6, 6.07) is 15.4. The van der Waals surface area contributed by atoms with E-state index >= 15 is 0 Å². The number of hydrogen-bond donors (Lipinski definition) is 2. The van der Waals surface area contributed by atoms with Gasteiger partial charge in [-0.25, -0.2) is 0 Å². The Morgan fingerprint density at radius 1 is 1.15 bits per heavy atom. The molecule has 0 radical (unpaired) electrons. The van der Waals surface area contributed by atoms with Crippen LogP contribution >= 0.6 is 0 Å². The molecule has 0 spiro atoms. The van der Waals surface area contributed by atoms with Crippen LogP contribution in [0.3, 0.4) is 0 Å². The molecule has 2 aromatic rings. The summed E-state index contributed by atoms with van der Waals surface area (Å²) in [5.41, 5.74) is 14.4. The highest BCUT2D eigenvalue weighted by atomic mass is 16.1. The number of benzene rings is 2. The lowest BCUT2D eigenvalue weighted by molar-refractivity contribution is 0.100. The fourth-order valence-corrected chi connectivity index (χ4v) is 2.17. The van der Waals surface area contributed by atoms with E-state index in [1.54, 1.807) is 12.1 Å². The average molecular weight is 269 g/mol. The summed E-state index contributed by atoms with van der Waals surface area (Å²) in [4.78, 5) is 13.3. The van der Waals surface area contributed by atoms with Gasteiger partial charge in [-0.05, 0) is 30.7 Å². The van der Waals surface area contributed by atoms with Gasteiger partial charge < -0.3 is 16.4 Å². The zero-order chi connectivity index (χ0) is 14.5. The molecule has 4 nitrogen and oxygen atoms in total. The van der Waals surface area contributed by atoms with E-state index in [1.165, 1.54) is 5.56 Å². The van der Waals surface area contributed by atoms with Crippen molar-refractivity contribution in [3.63, 3.8) is 0 Å². The van der Waals surface area contributed by atoms with Gasteiger partial charge in [0.15, 0.2) is 0 Å². The van der Waals surface area contributed by atoms with Gasteiger partial charge >= 0.3 is 0 Å². The molecule has 0 atom stereocenters. The number of rotatable bonds is 5. The van der Waals surface area contributed by atoms with Crippen LogP contribution in [0.1, 0.15) is 22.8 Å². The molecule has 0 fully saturated rings. The highest BCUT2D eigenvalue weighted by Gasteiger charge is 2.11. The predicted molar refractivity (Wildman–Crippen MR) is 82.5 cm³/mol. The maximum Gasteiger partial charge on any atom is 0.248 e. The first-order valence-electron chi connectivity index (χ1n) is 6.60. The van der Waals surface area contributed by atoms with Crippen molar-refractivity contribution >= 4 is 17.3 Å². The first-order chi connectivity index (χ1) is 9.61. The van der Waals surface area contributed by atoms with Gasteiger partial charge in [0.2, 0.25) is 5.91 Å². The smallest absolute Gasteiger partial charge is 0.248 e. The monoisotopic (exact) mass is 269 g/mol. The highest BCUT2D eigenvalue weighted by molar-refractivity contribution is 5.94. The number of hydrogen-bond acceptors (Lipinski definition) is 3. The third kappa shape index (κ3) is 3.09. The fraction of sp³-hybridized carbons (Fsp3) is 0.188. The van der Waals surface area contributed by atoms with Gasteiger partial charge in [-0.15, -0.1) is 0 Å². The van der Waals surface area contributed by atoms with Gasteiger partial charge in [-0.1, -0.05) is 30.3 Å². The van der Waals surface area contributed by atoms with E-state index in [0.717, 1.165) is 18.8 Å². The number of amides is 1. The first kappa shape index (κ1) is 13.9. The van der Waals surface area contributed by atoms with Gasteiger partial charge in [0.25, 0.3) is 0 Å². The summed E-state index contributed by atoms with van der Waals surface area (Å²) in [6.45, 7) is 3.68. The van der Waals surface area contributed by atoms with Crippen LogP contribution in [0, 0.1) is 0 Å². The van der Waals surface area contributed by atoms with Crippen LogP contribution in [0.5, 0.6) is 0 Å². The third-order valence-electron chi connectivity index (χ3n) is 3.25. The molecule has 104 valence electrons. The maximum absolute atomic E-state index is 11.1. The van der Waals surface area contributed by atoms with Crippen LogP contribution in [0.4, 0.5) is 11.4 Å². The number of carbonyl (C=O) groups is 1. The second-order valence-electron chi connectivity index (χ2n) is 4.64. The summed E-state index contributed by atoms with van der Waals surface area (Å²) in [7, 11) is 0. The second-order valence-corrected chi connectivity index (χ2v) is 4.64. The van der Waals surface area contributed by atoms with Crippen molar-refractivity contribution < 1.29 is 4.79 Å². The van der Waals surface area contributed by atoms with E-state index in [1.807, 2.05) is 24.3 Å². The summed E-state index contributed by atoms with van der Waals surface area (Å²) >= 11 is 0. The van der Waals surface area contributed by atoms with Gasteiger partial charge in [0.05, 0.1) is 11.4 Å². The molecule has 4 heteroatoms. The molecule has 0 aliphatic rings. The second kappa shape index (κ2) is 6.10. The Morgan fingerprint density at radius 3 is 2.40 bits per heavy atom. The largest absolute Gasteiger partial charge is 0.397 e. The quantitative estimate of drug-likeness (QED) is 0.819. The summed E-state index contributed by atoms with van der Waals surface area (Å²) < 4.78 is 0. The van der Waals surface area contributed by atoms with Gasteiger partial charge in [-0.3, -0.25) is 4.79 Å². The summed E-state index contributed by atoms with van der Waals surface area (Å²) in [6.07, 6.45) is 0. The average Bonchev–Trinajstić information content (AvgIpc) is 2.46. The molecule has 0 aliphatic carbocycles. The molecule has 0 unspecified atom stereocenters. The molecule has 0 aliphatic heterocycles. The zero-order valence-electron chi connectivity index (χ0n) is 11.5. The zero-order valence-corrected chi connectivity index (χ0v) is 11.5. The molecule has 4 N–H and O–H groups in total. The van der Waals surface area contributed by atoms with E-state index in [9.17, 15) is 4.79 Å². The number of nitrogens with zero attached hydrogens (tertiary/aromatic N) is 1. The van der Waals surface area contributed by atoms with E-state index in [-0.39, 0.29) is 0 Å². The minimum absolute atomic E-state index is 0.432. The Bertz CT molecular complexity index is 596. The molecule has 1 amide bonds. The Morgan fingerprint density at radius 2 is 1.85 bits per heavy atom. The number of nitrogen functional groups attached to an aromatic ring is 1. The van der Waals surface area contributed by atoms with Crippen LogP contribution in [0.2, 0.25) is 0 Å². The van der Waals surface area contributed by atoms with Crippen molar-refractivity contribution in [1.82, 2.24) is 0 Å². The molecule has 20 heavy (non-hydrogen) atoms. The lowest BCUT2D eigenvalue weighted by Crippen LogP contribution is -2.23. The number of carbonyl (C=O) groups excluding carboxylic acids is 1. The van der Waals surface area contributed by atoms with E-state index in [2.05, 4.69) is 24.0 Å². The van der Waals surface area contributed by atoms with E-state index < -0.39 is 5.91 Å². The summed E-state index contributed by atoms with van der Waals surface area (Å²) in [5, 5.41) is 0. The Hall–Kier alpha value is -2.49. The Labute approximate surface area is 119 Å². The van der Waals surface area contributed by atoms with Crippen molar-refractivity contribution in [2.45, 2.75) is 13.5 Å². The standard InChI is InChI=1S/C16H19N3O/c1-2-19(11-12-6-4-3-5-7-12)15-9-8-13(16(18)20)10-14(15)17/h3-10H,2,11,17H2,1H3,(H2,18,20). The molecule has 2 aromatic carbocycles. The lowest BCUT2D eigenvalue weighted by atomic mass is 10.1. The SMILES string of the molecule is CCN(Cc1ccccc1)c1ccc(C(N)=O)cc1N. The summed E-state index contributed by atoms with van der Waals surface area (Å²) in [5.74, 6) is -0.464. The molecule has 0 saturated carbocycles. The molecule has 0 aromatic heterocycles. The van der Waals surface area contributed by atoms with Gasteiger partial charge in [0.1, 0.15) is 0 Å². The predicted octanol–water partition coefficient (Wildman–Crippen LogP) is 2.39. The van der Waals surface area contributed by atoms with E-state index in [0.29, 0.717) is 11.3 Å². The Balaban J connectivity index is 2.26. The van der Waals surface area contributed by atoms with Crippen molar-refractivity contribution in [1.29, 1.82) is 0 Å². The van der Waals surface area contributed by atoms with Crippen LogP contribution in [0.15, 0.2) is 48.5 Å². The van der Waals surface area contributed by atoms with Crippen LogP contribution in [-0.2, 0) is 6.54 Å². The van der Waals surface area contributed by atoms with Crippen molar-refractivity contribution in [2.75, 3.05) is 17.2 Å². The molecule has 0 heterocycles. The normalized spacial score (nSPS) is 10.2. The molecule has 2 rings (SSSR count). The van der Waals surface area contributed by atoms with Crippen LogP contribution < -0.4 is 16.4 Å². The Kier molecular flexibility index (Phi) is 4.25. The van der Waals surface area contributed by atoms with Gasteiger partial charge in [-0.2, -0.15) is 0 Å². The van der Waals surface area contributed by atoms with Crippen molar-refractivity contribution in [3.8, 4) is 0 Å². The highest BCUT2D eigenvalue weighted by Crippen LogP contribution is 2.25. The first-order valence-corrected chi connectivity index (χ1v) is 6.60. The topological polar surface area (TPSA) is 72.3 Å². The van der Waals surface area contributed by atoms with Crippen LogP contribution in [0.25, 0.3) is 0 Å². The fourth-order valence-electron chi connectivity index (χ4n) is 2.17. The molecule has 0 bridgehead atoms. The minimum Gasteiger partial charge on any atom is -0.397 e. The molecular weight excluding hydrogens is 250 g/mol. The number of nitrogens with two attached hydrogens (primary N) is 2. The van der Waals surface area contributed by atoms with E-state index in [4.69, 9.17) is 11.5 Å². The van der Waals surface area contributed by atoms with Gasteiger partial charge in [0, 0.05) is 18.7 Å². The number of anilines is 2. The minimum atomic E-state index is -0.464. The third-order valence-corrected chi connectivity index (χ3v) is 3.25. The van der Waals surface area contributed by atoms with Crippen molar-refractivity contribution in [3.05, 3.63) is 59.7 Å². The molecular formula is C16H19N3O. The molecule has 0 saturated heterocycles. The number of primary amides is 1. The lowest BCUT2D eigenvalue weighted by Gasteiger charge is -2.25. The van der Waals surface area contributed by atoms with Crippen LogP contribution in [-0.4, -0.2) is 12.5 Å².